The van der Waals surface area contributed by atoms with Gasteiger partial charge in [-0.25, -0.2) is 0 Å². The Labute approximate surface area is 113 Å². The summed E-state index contributed by atoms with van der Waals surface area (Å²) in [5.74, 6) is 1.30. The Bertz CT molecular complexity index is 497. The van der Waals surface area contributed by atoms with E-state index in [0.717, 1.165) is 18.5 Å². The summed E-state index contributed by atoms with van der Waals surface area (Å²) in [5.41, 5.74) is 6.62. The molecule has 0 aliphatic heterocycles. The Kier molecular flexibility index (Phi) is 4.27. The van der Waals surface area contributed by atoms with Gasteiger partial charge in [0.15, 0.2) is 5.82 Å². The van der Waals surface area contributed by atoms with Crippen molar-refractivity contribution in [2.75, 3.05) is 6.54 Å². The lowest BCUT2D eigenvalue weighted by Gasteiger charge is -2.24. The summed E-state index contributed by atoms with van der Waals surface area (Å²) in [6, 6.07) is 5.79. The lowest BCUT2D eigenvalue weighted by Crippen LogP contribution is -2.34. The van der Waals surface area contributed by atoms with E-state index in [1.807, 2.05) is 18.2 Å². The molecule has 2 rings (SSSR count). The Morgan fingerprint density at radius 1 is 1.26 bits per heavy atom. The molecule has 0 bridgehead atoms. The molecule has 0 saturated heterocycles. The highest BCUT2D eigenvalue weighted by Gasteiger charge is 2.33. The molecule has 0 saturated carbocycles. The van der Waals surface area contributed by atoms with Gasteiger partial charge in [-0.15, -0.1) is 0 Å². The first-order valence-electron chi connectivity index (χ1n) is 6.67. The van der Waals surface area contributed by atoms with Crippen LogP contribution in [0.1, 0.15) is 44.1 Å². The first kappa shape index (κ1) is 13.7. The molecule has 0 aliphatic carbocycles. The fourth-order valence-electron chi connectivity index (χ4n) is 2.13. The van der Waals surface area contributed by atoms with Gasteiger partial charge in [0.1, 0.15) is 0 Å². The van der Waals surface area contributed by atoms with Gasteiger partial charge in [-0.05, 0) is 25.0 Å². The van der Waals surface area contributed by atoms with Crippen LogP contribution in [-0.2, 0) is 11.8 Å². The Balaban J connectivity index is 2.19. The van der Waals surface area contributed by atoms with Gasteiger partial charge in [0.05, 0.1) is 11.8 Å². The van der Waals surface area contributed by atoms with Gasteiger partial charge >= 0.3 is 0 Å². The molecule has 5 nitrogen and oxygen atoms in total. The molecule has 5 heteroatoms. The van der Waals surface area contributed by atoms with E-state index in [1.165, 1.54) is 0 Å². The van der Waals surface area contributed by atoms with Gasteiger partial charge in [0.25, 0.3) is 0 Å². The van der Waals surface area contributed by atoms with Crippen LogP contribution in [0.25, 0.3) is 0 Å². The van der Waals surface area contributed by atoms with Crippen molar-refractivity contribution in [1.82, 2.24) is 15.1 Å². The zero-order valence-electron chi connectivity index (χ0n) is 11.5. The second-order valence-corrected chi connectivity index (χ2v) is 4.71. The van der Waals surface area contributed by atoms with E-state index in [-0.39, 0.29) is 5.41 Å². The third-order valence-electron chi connectivity index (χ3n) is 3.73. The Morgan fingerprint density at radius 3 is 2.63 bits per heavy atom. The highest BCUT2D eigenvalue weighted by atomic mass is 16.5. The lowest BCUT2D eigenvalue weighted by atomic mass is 9.82. The van der Waals surface area contributed by atoms with Crippen LogP contribution in [0.15, 0.2) is 28.9 Å². The van der Waals surface area contributed by atoms with Crippen LogP contribution >= 0.6 is 0 Å². The first-order valence-corrected chi connectivity index (χ1v) is 6.67. The van der Waals surface area contributed by atoms with E-state index in [4.69, 9.17) is 10.3 Å². The van der Waals surface area contributed by atoms with Gasteiger partial charge in [0, 0.05) is 18.4 Å². The molecule has 0 fully saturated rings. The summed E-state index contributed by atoms with van der Waals surface area (Å²) in [6.45, 7) is 4.71. The van der Waals surface area contributed by atoms with E-state index in [2.05, 4.69) is 29.0 Å². The average molecular weight is 260 g/mol. The molecule has 0 aliphatic rings. The Hall–Kier alpha value is -1.75. The molecule has 0 unspecified atom stereocenters. The van der Waals surface area contributed by atoms with Crippen LogP contribution in [0.4, 0.5) is 0 Å². The van der Waals surface area contributed by atoms with Gasteiger partial charge in [0.2, 0.25) is 5.89 Å². The number of aromatic nitrogens is 3. The predicted molar refractivity (Wildman–Crippen MR) is 72.7 cm³/mol. The van der Waals surface area contributed by atoms with Gasteiger partial charge in [-0.3, -0.25) is 4.98 Å². The topological polar surface area (TPSA) is 77.8 Å². The summed E-state index contributed by atoms with van der Waals surface area (Å²) >= 11 is 0. The fourth-order valence-corrected chi connectivity index (χ4v) is 2.13. The largest absolute Gasteiger partial charge is 0.339 e. The summed E-state index contributed by atoms with van der Waals surface area (Å²) in [6.07, 6.45) is 4.13. The number of hydrogen-bond acceptors (Lipinski definition) is 5. The molecule has 19 heavy (non-hydrogen) atoms. The van der Waals surface area contributed by atoms with Crippen molar-refractivity contribution < 1.29 is 4.52 Å². The molecule has 2 aromatic heterocycles. The number of nitrogens with zero attached hydrogens (tertiary/aromatic N) is 3. The van der Waals surface area contributed by atoms with Crippen molar-refractivity contribution in [2.24, 2.45) is 5.73 Å². The maximum Gasteiger partial charge on any atom is 0.234 e. The molecule has 0 atom stereocenters. The summed E-state index contributed by atoms with van der Waals surface area (Å²) in [4.78, 5) is 8.75. The van der Waals surface area contributed by atoms with Crippen molar-refractivity contribution in [3.8, 4) is 0 Å². The molecular formula is C14H20N4O. The number of rotatable bonds is 6. The van der Waals surface area contributed by atoms with Crippen molar-refractivity contribution in [1.29, 1.82) is 0 Å². The minimum atomic E-state index is -0.199. The van der Waals surface area contributed by atoms with E-state index in [0.29, 0.717) is 24.7 Å². The van der Waals surface area contributed by atoms with Crippen molar-refractivity contribution in [2.45, 2.75) is 38.5 Å². The second-order valence-electron chi connectivity index (χ2n) is 4.71. The van der Waals surface area contributed by atoms with Crippen LogP contribution in [-0.4, -0.2) is 21.7 Å². The smallest absolute Gasteiger partial charge is 0.234 e. The average Bonchev–Trinajstić information content (AvgIpc) is 2.92. The van der Waals surface area contributed by atoms with Crippen LogP contribution in [0, 0.1) is 0 Å². The molecule has 0 amide bonds. The first-order chi connectivity index (χ1) is 9.24. The quantitative estimate of drug-likeness (QED) is 0.860. The predicted octanol–water partition coefficient (Wildman–Crippen LogP) is 2.07. The van der Waals surface area contributed by atoms with Gasteiger partial charge in [-0.2, -0.15) is 4.98 Å². The van der Waals surface area contributed by atoms with E-state index in [1.54, 1.807) is 6.20 Å². The minimum absolute atomic E-state index is 0.199. The monoisotopic (exact) mass is 260 g/mol. The summed E-state index contributed by atoms with van der Waals surface area (Å²) in [5, 5.41) is 4.04. The highest BCUT2D eigenvalue weighted by molar-refractivity contribution is 5.11. The Morgan fingerprint density at radius 2 is 2.05 bits per heavy atom. The van der Waals surface area contributed by atoms with Crippen molar-refractivity contribution in [3.05, 3.63) is 41.8 Å². The standard InChI is InChI=1S/C14H20N4O/c1-3-14(4-2,10-15)13-17-12(18-19-13)9-11-7-5-6-8-16-11/h5-8H,3-4,9-10,15H2,1-2H3. The number of nitrogens with two attached hydrogens (primary N) is 1. The van der Waals surface area contributed by atoms with Crippen LogP contribution in [0.5, 0.6) is 0 Å². The van der Waals surface area contributed by atoms with E-state index < -0.39 is 0 Å². The molecular weight excluding hydrogens is 240 g/mol. The minimum Gasteiger partial charge on any atom is -0.339 e. The van der Waals surface area contributed by atoms with Gasteiger partial charge in [-0.1, -0.05) is 25.1 Å². The number of pyridine rings is 1. The third kappa shape index (κ3) is 2.81. The SMILES string of the molecule is CCC(CC)(CN)c1nc(Cc2ccccn2)no1. The highest BCUT2D eigenvalue weighted by Crippen LogP contribution is 2.29. The molecule has 0 spiro atoms. The van der Waals surface area contributed by atoms with Crippen LogP contribution < -0.4 is 5.73 Å². The second kappa shape index (κ2) is 5.93. The zero-order chi connectivity index (χ0) is 13.7. The summed E-state index contributed by atoms with van der Waals surface area (Å²) in [7, 11) is 0. The fraction of sp³-hybridized carbons (Fsp3) is 0.500. The molecule has 2 N–H and O–H groups in total. The van der Waals surface area contributed by atoms with Crippen molar-refractivity contribution >= 4 is 0 Å². The third-order valence-corrected chi connectivity index (χ3v) is 3.73. The summed E-state index contributed by atoms with van der Waals surface area (Å²) < 4.78 is 5.41. The molecule has 2 aromatic rings. The van der Waals surface area contributed by atoms with Gasteiger partial charge < -0.3 is 10.3 Å². The van der Waals surface area contributed by atoms with Crippen molar-refractivity contribution in [3.63, 3.8) is 0 Å². The van der Waals surface area contributed by atoms with Crippen LogP contribution in [0.3, 0.4) is 0 Å². The normalized spacial score (nSPS) is 11.7. The van der Waals surface area contributed by atoms with Crippen LogP contribution in [0.2, 0.25) is 0 Å². The number of hydrogen-bond donors (Lipinski definition) is 1. The zero-order valence-corrected chi connectivity index (χ0v) is 11.5. The molecule has 0 radical (unpaired) electrons. The maximum absolute atomic E-state index is 5.88. The van der Waals surface area contributed by atoms with E-state index in [9.17, 15) is 0 Å². The molecule has 0 aromatic carbocycles. The molecule has 102 valence electrons. The van der Waals surface area contributed by atoms with E-state index >= 15 is 0 Å². The maximum atomic E-state index is 5.88. The lowest BCUT2D eigenvalue weighted by molar-refractivity contribution is 0.266. The molecule has 2 heterocycles.